The van der Waals surface area contributed by atoms with Crippen molar-refractivity contribution in [3.63, 3.8) is 0 Å². The maximum atomic E-state index is 10.9. The molecule has 1 atom stereocenters. The molecule has 0 heterocycles. The molecule has 0 aromatic rings. The Kier molecular flexibility index (Phi) is 11.8. The van der Waals surface area contributed by atoms with Crippen LogP contribution in [-0.2, 0) is 19.4 Å². The first kappa shape index (κ1) is 21.5. The fourth-order valence-electron chi connectivity index (χ4n) is 2.38. The lowest BCUT2D eigenvalue weighted by molar-refractivity contribution is -0.117. The summed E-state index contributed by atoms with van der Waals surface area (Å²) in [6, 6.07) is 0. The molecule has 0 aromatic carbocycles. The third-order valence-corrected chi connectivity index (χ3v) is 4.14. The number of ketones is 1. The minimum Gasteiger partial charge on any atom is -0.300 e. The molecular formula is C16H32O5S. The summed E-state index contributed by atoms with van der Waals surface area (Å²) in [5.74, 6) is 0.726. The number of carbonyl (C=O) groups excluding carboxylic acids is 1. The monoisotopic (exact) mass is 336 g/mol. The van der Waals surface area contributed by atoms with Crippen LogP contribution in [0, 0.1) is 5.92 Å². The van der Waals surface area contributed by atoms with Crippen molar-refractivity contribution in [3.8, 4) is 0 Å². The van der Waals surface area contributed by atoms with Crippen LogP contribution in [0.5, 0.6) is 0 Å². The maximum absolute atomic E-state index is 10.9. The third-order valence-electron chi connectivity index (χ3n) is 3.63. The molecule has 0 saturated carbocycles. The average Bonchev–Trinajstić information content (AvgIpc) is 2.36. The van der Waals surface area contributed by atoms with Crippen molar-refractivity contribution >= 4 is 16.2 Å². The highest BCUT2D eigenvalue weighted by atomic mass is 32.3. The molecule has 0 bridgehead atoms. The standard InChI is InChI=1S/C16H32O5S/c1-14(2)12-13-16(21-22(18,19)20)11-9-7-5-4-6-8-10-15(3)17/h14,16H,4-13H2,1-3H3,(H,18,19,20). The van der Waals surface area contributed by atoms with Gasteiger partial charge in [-0.3, -0.25) is 4.55 Å². The molecule has 0 fully saturated rings. The summed E-state index contributed by atoms with van der Waals surface area (Å²) in [7, 11) is -4.37. The second kappa shape index (κ2) is 12.0. The molecule has 5 nitrogen and oxygen atoms in total. The van der Waals surface area contributed by atoms with Crippen molar-refractivity contribution in [3.05, 3.63) is 0 Å². The van der Waals surface area contributed by atoms with E-state index in [1.807, 2.05) is 0 Å². The summed E-state index contributed by atoms with van der Waals surface area (Å²) in [5.41, 5.74) is 0. The van der Waals surface area contributed by atoms with Crippen LogP contribution >= 0.6 is 0 Å². The quantitative estimate of drug-likeness (QED) is 0.377. The van der Waals surface area contributed by atoms with Gasteiger partial charge in [0.2, 0.25) is 0 Å². The van der Waals surface area contributed by atoms with E-state index in [1.165, 1.54) is 0 Å². The predicted octanol–water partition coefficient (Wildman–Crippen LogP) is 4.32. The summed E-state index contributed by atoms with van der Waals surface area (Å²) in [6.45, 7) is 5.77. The van der Waals surface area contributed by atoms with Gasteiger partial charge >= 0.3 is 10.4 Å². The molecule has 22 heavy (non-hydrogen) atoms. The number of hydrogen-bond donors (Lipinski definition) is 1. The second-order valence-electron chi connectivity index (χ2n) is 6.48. The molecule has 0 radical (unpaired) electrons. The molecule has 0 aliphatic heterocycles. The Morgan fingerprint density at radius 1 is 0.955 bits per heavy atom. The van der Waals surface area contributed by atoms with Gasteiger partial charge in [0.05, 0.1) is 6.10 Å². The summed E-state index contributed by atoms with van der Waals surface area (Å²) in [4.78, 5) is 10.8. The van der Waals surface area contributed by atoms with Crippen molar-refractivity contribution in [2.75, 3.05) is 0 Å². The molecular weight excluding hydrogens is 304 g/mol. The second-order valence-corrected chi connectivity index (χ2v) is 7.53. The largest absolute Gasteiger partial charge is 0.397 e. The molecule has 0 saturated heterocycles. The van der Waals surface area contributed by atoms with Gasteiger partial charge in [-0.2, -0.15) is 8.42 Å². The third kappa shape index (κ3) is 15.9. The van der Waals surface area contributed by atoms with Crippen LogP contribution in [0.3, 0.4) is 0 Å². The number of hydrogen-bond acceptors (Lipinski definition) is 4. The smallest absolute Gasteiger partial charge is 0.300 e. The molecule has 6 heteroatoms. The van der Waals surface area contributed by atoms with E-state index in [-0.39, 0.29) is 5.78 Å². The summed E-state index contributed by atoms with van der Waals surface area (Å²) in [5, 5.41) is 0. The van der Waals surface area contributed by atoms with Crippen LogP contribution in [0.1, 0.15) is 85.0 Å². The van der Waals surface area contributed by atoms with Gasteiger partial charge in [-0.15, -0.1) is 0 Å². The lowest BCUT2D eigenvalue weighted by Crippen LogP contribution is -2.18. The molecule has 0 rings (SSSR count). The van der Waals surface area contributed by atoms with Gasteiger partial charge in [-0.25, -0.2) is 4.18 Å². The predicted molar refractivity (Wildman–Crippen MR) is 88.1 cm³/mol. The molecule has 0 amide bonds. The van der Waals surface area contributed by atoms with E-state index in [0.29, 0.717) is 25.2 Å². The van der Waals surface area contributed by atoms with Crippen LogP contribution in [0.15, 0.2) is 0 Å². The number of unbranched alkanes of at least 4 members (excludes halogenated alkanes) is 5. The van der Waals surface area contributed by atoms with E-state index < -0.39 is 16.5 Å². The van der Waals surface area contributed by atoms with Crippen LogP contribution in [0.2, 0.25) is 0 Å². The van der Waals surface area contributed by atoms with E-state index in [1.54, 1.807) is 6.92 Å². The normalized spacial score (nSPS) is 13.5. The highest BCUT2D eigenvalue weighted by molar-refractivity contribution is 7.80. The van der Waals surface area contributed by atoms with Crippen molar-refractivity contribution in [2.45, 2.75) is 91.1 Å². The van der Waals surface area contributed by atoms with E-state index in [0.717, 1.165) is 44.9 Å². The highest BCUT2D eigenvalue weighted by Crippen LogP contribution is 2.18. The maximum Gasteiger partial charge on any atom is 0.397 e. The zero-order chi connectivity index (χ0) is 17.0. The first-order valence-corrected chi connectivity index (χ1v) is 9.72. The minimum atomic E-state index is -4.37. The molecule has 1 unspecified atom stereocenters. The fourth-order valence-corrected chi connectivity index (χ4v) is 2.92. The summed E-state index contributed by atoms with van der Waals surface area (Å²) >= 11 is 0. The first-order valence-electron chi connectivity index (χ1n) is 8.36. The SMILES string of the molecule is CC(=O)CCCCCCCCC(CCC(C)C)OS(=O)(=O)O. The lowest BCUT2D eigenvalue weighted by Gasteiger charge is -2.16. The number of rotatable bonds is 14. The van der Waals surface area contributed by atoms with Gasteiger partial charge in [0.1, 0.15) is 5.78 Å². The molecule has 1 N–H and O–H groups in total. The fraction of sp³-hybridized carbons (Fsp3) is 0.938. The van der Waals surface area contributed by atoms with E-state index in [4.69, 9.17) is 8.74 Å². The van der Waals surface area contributed by atoms with Gasteiger partial charge in [0.25, 0.3) is 0 Å². The van der Waals surface area contributed by atoms with Crippen LogP contribution in [0.4, 0.5) is 0 Å². The molecule has 0 aliphatic rings. The Morgan fingerprint density at radius 3 is 2.00 bits per heavy atom. The zero-order valence-corrected chi connectivity index (χ0v) is 15.0. The lowest BCUT2D eigenvalue weighted by atomic mass is 10.0. The van der Waals surface area contributed by atoms with Gasteiger partial charge in [-0.05, 0) is 38.5 Å². The van der Waals surface area contributed by atoms with E-state index in [2.05, 4.69) is 13.8 Å². The molecule has 0 spiro atoms. The average molecular weight is 336 g/mol. The molecule has 0 aromatic heterocycles. The first-order chi connectivity index (χ1) is 10.2. The molecule has 0 aliphatic carbocycles. The minimum absolute atomic E-state index is 0.246. The van der Waals surface area contributed by atoms with E-state index in [9.17, 15) is 13.2 Å². The van der Waals surface area contributed by atoms with Crippen molar-refractivity contribution < 1.29 is 21.9 Å². The van der Waals surface area contributed by atoms with E-state index >= 15 is 0 Å². The summed E-state index contributed by atoms with van der Waals surface area (Å²) < 4.78 is 35.3. The van der Waals surface area contributed by atoms with Gasteiger partial charge in [-0.1, -0.05) is 46.0 Å². The van der Waals surface area contributed by atoms with Gasteiger partial charge in [0.15, 0.2) is 0 Å². The van der Waals surface area contributed by atoms with Crippen molar-refractivity contribution in [1.29, 1.82) is 0 Å². The molecule has 132 valence electrons. The summed E-state index contributed by atoms with van der Waals surface area (Å²) in [6.07, 6.45) is 8.55. The Hall–Kier alpha value is -0.460. The van der Waals surface area contributed by atoms with Crippen molar-refractivity contribution in [2.24, 2.45) is 5.92 Å². The van der Waals surface area contributed by atoms with Crippen LogP contribution < -0.4 is 0 Å². The Bertz CT molecular complexity index is 389. The topological polar surface area (TPSA) is 80.7 Å². The number of Topliss-reactive ketones (excluding diaryl/α,β-unsaturated/α-hetero) is 1. The Labute approximate surface area is 135 Å². The number of carbonyl (C=O) groups is 1. The van der Waals surface area contributed by atoms with Crippen molar-refractivity contribution in [1.82, 2.24) is 0 Å². The Balaban J connectivity index is 3.81. The zero-order valence-electron chi connectivity index (χ0n) is 14.2. The van der Waals surface area contributed by atoms with Gasteiger partial charge in [0, 0.05) is 6.42 Å². The highest BCUT2D eigenvalue weighted by Gasteiger charge is 2.17. The Morgan fingerprint density at radius 2 is 1.50 bits per heavy atom. The van der Waals surface area contributed by atoms with Gasteiger partial charge < -0.3 is 4.79 Å². The van der Waals surface area contributed by atoms with Crippen LogP contribution in [0.25, 0.3) is 0 Å². The van der Waals surface area contributed by atoms with Crippen LogP contribution in [-0.4, -0.2) is 24.9 Å².